The number of carboxylic acid groups (broad SMARTS) is 2. The molecule has 4 aromatic rings. The van der Waals surface area contributed by atoms with Crippen LogP contribution in [0.1, 0.15) is 37.4 Å². The highest BCUT2D eigenvalue weighted by Crippen LogP contribution is 2.33. The fourth-order valence-corrected chi connectivity index (χ4v) is 3.82. The number of aryl methyl sites for hydroxylation is 2. The number of aromatic carboxylic acids is 2. The number of carboxylic acids is 2. The molecular formula is C27H22O5. The van der Waals surface area contributed by atoms with Crippen LogP contribution in [0, 0.1) is 13.8 Å². The second-order valence-corrected chi connectivity index (χ2v) is 7.75. The van der Waals surface area contributed by atoms with Gasteiger partial charge in [-0.1, -0.05) is 36.4 Å². The Balaban J connectivity index is 1.74. The van der Waals surface area contributed by atoms with Gasteiger partial charge in [-0.25, -0.2) is 9.59 Å². The molecule has 0 saturated carbocycles. The highest BCUT2D eigenvalue weighted by atomic mass is 16.5. The van der Waals surface area contributed by atoms with Gasteiger partial charge < -0.3 is 14.9 Å². The summed E-state index contributed by atoms with van der Waals surface area (Å²) in [6, 6.07) is 21.4. The molecule has 0 spiro atoms. The lowest BCUT2D eigenvalue weighted by Crippen LogP contribution is -2.01. The van der Waals surface area contributed by atoms with E-state index in [1.807, 2.05) is 50.2 Å². The zero-order valence-electron chi connectivity index (χ0n) is 17.8. The third-order valence-electron chi connectivity index (χ3n) is 5.64. The zero-order valence-corrected chi connectivity index (χ0v) is 17.8. The van der Waals surface area contributed by atoms with Gasteiger partial charge in [-0.2, -0.15) is 0 Å². The molecule has 0 fully saturated rings. The quantitative estimate of drug-likeness (QED) is 0.389. The van der Waals surface area contributed by atoms with E-state index in [2.05, 4.69) is 0 Å². The number of ether oxygens (including phenoxy) is 1. The van der Waals surface area contributed by atoms with Crippen molar-refractivity contribution in [1.29, 1.82) is 0 Å². The van der Waals surface area contributed by atoms with Gasteiger partial charge >= 0.3 is 11.9 Å². The topological polar surface area (TPSA) is 83.8 Å². The highest BCUT2D eigenvalue weighted by Gasteiger charge is 2.13. The molecule has 0 unspecified atom stereocenters. The van der Waals surface area contributed by atoms with Gasteiger partial charge in [0.1, 0.15) is 12.4 Å². The van der Waals surface area contributed by atoms with Crippen molar-refractivity contribution in [2.75, 3.05) is 0 Å². The lowest BCUT2D eigenvalue weighted by Gasteiger charge is -2.14. The van der Waals surface area contributed by atoms with Crippen LogP contribution in [0.3, 0.4) is 0 Å². The van der Waals surface area contributed by atoms with Gasteiger partial charge in [0.25, 0.3) is 0 Å². The van der Waals surface area contributed by atoms with Gasteiger partial charge in [-0.05, 0) is 88.8 Å². The van der Waals surface area contributed by atoms with Crippen LogP contribution in [-0.2, 0) is 6.61 Å². The Morgan fingerprint density at radius 2 is 1.44 bits per heavy atom. The zero-order chi connectivity index (χ0) is 22.8. The Hall–Kier alpha value is -4.12. The number of rotatable bonds is 6. The first-order valence-electron chi connectivity index (χ1n) is 10.2. The minimum atomic E-state index is -1.03. The van der Waals surface area contributed by atoms with Gasteiger partial charge in [0.2, 0.25) is 0 Å². The summed E-state index contributed by atoms with van der Waals surface area (Å²) in [7, 11) is 0. The summed E-state index contributed by atoms with van der Waals surface area (Å²) in [6.07, 6.45) is 0. The van der Waals surface area contributed by atoms with Crippen molar-refractivity contribution in [3.63, 3.8) is 0 Å². The number of fused-ring (bicyclic) bond motifs is 1. The number of hydrogen-bond acceptors (Lipinski definition) is 3. The first kappa shape index (κ1) is 21.1. The van der Waals surface area contributed by atoms with E-state index in [1.165, 1.54) is 12.1 Å². The van der Waals surface area contributed by atoms with Crippen LogP contribution in [0.4, 0.5) is 0 Å². The number of hydrogen-bond donors (Lipinski definition) is 2. The molecule has 32 heavy (non-hydrogen) atoms. The fraction of sp³-hybridized carbons (Fsp3) is 0.111. The SMILES string of the molecule is Cc1cccc(C)c1COc1ccc2c(-c3ccc(C(=O)O)cc3)cc(C(=O)O)cc2c1. The van der Waals surface area contributed by atoms with Gasteiger partial charge in [0.15, 0.2) is 0 Å². The van der Waals surface area contributed by atoms with Crippen molar-refractivity contribution in [1.82, 2.24) is 0 Å². The summed E-state index contributed by atoms with van der Waals surface area (Å²) in [4.78, 5) is 22.9. The average Bonchev–Trinajstić information content (AvgIpc) is 2.77. The monoisotopic (exact) mass is 426 g/mol. The summed E-state index contributed by atoms with van der Waals surface area (Å²) in [6.45, 7) is 4.52. The maximum absolute atomic E-state index is 11.7. The minimum absolute atomic E-state index is 0.154. The molecule has 0 aromatic heterocycles. The molecule has 5 heteroatoms. The molecule has 0 saturated heterocycles. The minimum Gasteiger partial charge on any atom is -0.489 e. The van der Waals surface area contributed by atoms with E-state index in [0.717, 1.165) is 38.6 Å². The second kappa shape index (κ2) is 8.55. The molecule has 0 aliphatic carbocycles. The van der Waals surface area contributed by atoms with Gasteiger partial charge in [-0.15, -0.1) is 0 Å². The molecule has 5 nitrogen and oxygen atoms in total. The molecule has 0 atom stereocenters. The van der Waals surface area contributed by atoms with Crippen molar-refractivity contribution in [2.24, 2.45) is 0 Å². The predicted molar refractivity (Wildman–Crippen MR) is 124 cm³/mol. The van der Waals surface area contributed by atoms with E-state index in [0.29, 0.717) is 12.4 Å². The Kier molecular flexibility index (Phi) is 5.65. The molecule has 0 heterocycles. The van der Waals surface area contributed by atoms with Gasteiger partial charge in [0, 0.05) is 0 Å². The van der Waals surface area contributed by atoms with Crippen molar-refractivity contribution < 1.29 is 24.5 Å². The summed E-state index contributed by atoms with van der Waals surface area (Å²) >= 11 is 0. The lowest BCUT2D eigenvalue weighted by atomic mass is 9.95. The van der Waals surface area contributed by atoms with Crippen molar-refractivity contribution in [2.45, 2.75) is 20.5 Å². The predicted octanol–water partition coefficient (Wildman–Crippen LogP) is 6.10. The Morgan fingerprint density at radius 1 is 0.781 bits per heavy atom. The summed E-state index contributed by atoms with van der Waals surface area (Å²) in [5, 5.41) is 20.3. The largest absolute Gasteiger partial charge is 0.489 e. The van der Waals surface area contributed by atoms with Crippen LogP contribution < -0.4 is 4.74 Å². The Bertz CT molecular complexity index is 1320. The third kappa shape index (κ3) is 4.18. The van der Waals surface area contributed by atoms with Crippen molar-refractivity contribution in [3.05, 3.63) is 101 Å². The maximum atomic E-state index is 11.7. The van der Waals surface area contributed by atoms with Crippen LogP contribution in [-0.4, -0.2) is 22.2 Å². The fourth-order valence-electron chi connectivity index (χ4n) is 3.82. The molecule has 4 rings (SSSR count). The molecule has 0 aliphatic rings. The molecule has 160 valence electrons. The van der Waals surface area contributed by atoms with E-state index >= 15 is 0 Å². The molecule has 0 amide bonds. The van der Waals surface area contributed by atoms with E-state index in [-0.39, 0.29) is 11.1 Å². The Morgan fingerprint density at radius 3 is 2.06 bits per heavy atom. The second-order valence-electron chi connectivity index (χ2n) is 7.75. The van der Waals surface area contributed by atoms with Gasteiger partial charge in [-0.3, -0.25) is 0 Å². The lowest BCUT2D eigenvalue weighted by molar-refractivity contribution is 0.0686. The standard InChI is InChI=1S/C27H22O5/c1-16-4-3-5-17(2)25(16)15-32-22-10-11-23-20(13-22)12-21(27(30)31)14-24(23)18-6-8-19(9-7-18)26(28)29/h3-14H,15H2,1-2H3,(H,28,29)(H,30,31). The number of benzene rings is 4. The smallest absolute Gasteiger partial charge is 0.335 e. The summed E-state index contributed by atoms with van der Waals surface area (Å²) < 4.78 is 6.04. The molecular weight excluding hydrogens is 404 g/mol. The maximum Gasteiger partial charge on any atom is 0.335 e. The van der Waals surface area contributed by atoms with Crippen LogP contribution in [0.2, 0.25) is 0 Å². The normalized spacial score (nSPS) is 10.8. The first-order chi connectivity index (χ1) is 15.3. The Labute approximate surface area is 185 Å². The van der Waals surface area contributed by atoms with E-state index in [9.17, 15) is 14.7 Å². The summed E-state index contributed by atoms with van der Waals surface area (Å²) in [5.41, 5.74) is 5.24. The molecule has 0 bridgehead atoms. The molecule has 4 aromatic carbocycles. The van der Waals surface area contributed by atoms with Crippen LogP contribution in [0.15, 0.2) is 72.8 Å². The highest BCUT2D eigenvalue weighted by molar-refractivity contribution is 6.03. The summed E-state index contributed by atoms with van der Waals surface area (Å²) in [5.74, 6) is -1.39. The van der Waals surface area contributed by atoms with Crippen LogP contribution in [0.25, 0.3) is 21.9 Å². The van der Waals surface area contributed by atoms with E-state index < -0.39 is 11.9 Å². The molecule has 0 aliphatic heterocycles. The van der Waals surface area contributed by atoms with E-state index in [1.54, 1.807) is 24.3 Å². The average molecular weight is 426 g/mol. The van der Waals surface area contributed by atoms with Crippen LogP contribution >= 0.6 is 0 Å². The van der Waals surface area contributed by atoms with Crippen molar-refractivity contribution >= 4 is 22.7 Å². The number of carbonyl (C=O) groups is 2. The van der Waals surface area contributed by atoms with Gasteiger partial charge in [0.05, 0.1) is 11.1 Å². The third-order valence-corrected chi connectivity index (χ3v) is 5.64. The molecule has 2 N–H and O–H groups in total. The molecule has 0 radical (unpaired) electrons. The van der Waals surface area contributed by atoms with Crippen LogP contribution in [0.5, 0.6) is 5.75 Å². The van der Waals surface area contributed by atoms with Crippen molar-refractivity contribution in [3.8, 4) is 16.9 Å². The first-order valence-corrected chi connectivity index (χ1v) is 10.2. The van der Waals surface area contributed by atoms with E-state index in [4.69, 9.17) is 9.84 Å².